The normalized spacial score (nSPS) is 11.9. The van der Waals surface area contributed by atoms with Crippen molar-refractivity contribution in [2.75, 3.05) is 12.4 Å². The topological polar surface area (TPSA) is 88.4 Å². The van der Waals surface area contributed by atoms with Gasteiger partial charge >= 0.3 is 0 Å². The number of benzene rings is 2. The SMILES string of the molecule is CNS(=O)(=O)c1cc(NC(=O)/C=C/c2cc3ccccc3o2)ccc1C. The number of nitrogens with one attached hydrogen (secondary N) is 2. The third kappa shape index (κ3) is 3.84. The van der Waals surface area contributed by atoms with Gasteiger partial charge in [-0.1, -0.05) is 24.3 Å². The Kier molecular flexibility index (Phi) is 4.92. The average Bonchev–Trinajstić information content (AvgIpc) is 3.04. The maximum atomic E-state index is 12.1. The fourth-order valence-electron chi connectivity index (χ4n) is 2.50. The van der Waals surface area contributed by atoms with Gasteiger partial charge in [0.05, 0.1) is 4.90 Å². The first-order chi connectivity index (χ1) is 12.4. The quantitative estimate of drug-likeness (QED) is 0.675. The van der Waals surface area contributed by atoms with Crippen molar-refractivity contribution in [2.24, 2.45) is 0 Å². The molecule has 0 saturated heterocycles. The van der Waals surface area contributed by atoms with E-state index in [1.807, 2.05) is 30.3 Å². The minimum absolute atomic E-state index is 0.124. The lowest BCUT2D eigenvalue weighted by atomic mass is 10.2. The van der Waals surface area contributed by atoms with Crippen molar-refractivity contribution < 1.29 is 17.6 Å². The molecule has 6 nitrogen and oxygen atoms in total. The number of fused-ring (bicyclic) bond motifs is 1. The van der Waals surface area contributed by atoms with E-state index >= 15 is 0 Å². The number of sulfonamides is 1. The zero-order chi connectivity index (χ0) is 18.7. The molecule has 0 atom stereocenters. The van der Waals surface area contributed by atoms with Gasteiger partial charge in [-0.25, -0.2) is 13.1 Å². The summed E-state index contributed by atoms with van der Waals surface area (Å²) in [5.74, 6) is 0.172. The number of anilines is 1. The van der Waals surface area contributed by atoms with E-state index in [1.54, 1.807) is 25.1 Å². The van der Waals surface area contributed by atoms with E-state index in [4.69, 9.17) is 4.42 Å². The van der Waals surface area contributed by atoms with Crippen molar-refractivity contribution in [1.82, 2.24) is 4.72 Å². The number of rotatable bonds is 5. The minimum atomic E-state index is -3.59. The van der Waals surface area contributed by atoms with Crippen LogP contribution in [-0.2, 0) is 14.8 Å². The van der Waals surface area contributed by atoms with Crippen molar-refractivity contribution >= 4 is 38.7 Å². The van der Waals surface area contributed by atoms with E-state index in [0.717, 1.165) is 11.0 Å². The van der Waals surface area contributed by atoms with Gasteiger partial charge in [-0.2, -0.15) is 0 Å². The Morgan fingerprint density at radius 1 is 1.12 bits per heavy atom. The summed E-state index contributed by atoms with van der Waals surface area (Å²) in [4.78, 5) is 12.2. The molecular weight excluding hydrogens is 352 g/mol. The molecule has 0 aliphatic rings. The highest BCUT2D eigenvalue weighted by Crippen LogP contribution is 2.21. The Hall–Kier alpha value is -2.90. The second kappa shape index (κ2) is 7.15. The highest BCUT2D eigenvalue weighted by molar-refractivity contribution is 7.89. The molecule has 0 aliphatic carbocycles. The summed E-state index contributed by atoms with van der Waals surface area (Å²) in [5, 5.41) is 3.60. The van der Waals surface area contributed by atoms with E-state index in [-0.39, 0.29) is 10.8 Å². The smallest absolute Gasteiger partial charge is 0.248 e. The number of hydrogen-bond donors (Lipinski definition) is 2. The van der Waals surface area contributed by atoms with E-state index in [2.05, 4.69) is 10.0 Å². The van der Waals surface area contributed by atoms with Gasteiger partial charge in [-0.3, -0.25) is 4.79 Å². The van der Waals surface area contributed by atoms with Crippen molar-refractivity contribution in [1.29, 1.82) is 0 Å². The lowest BCUT2D eigenvalue weighted by Gasteiger charge is -2.09. The minimum Gasteiger partial charge on any atom is -0.457 e. The van der Waals surface area contributed by atoms with Crippen LogP contribution in [0.1, 0.15) is 11.3 Å². The molecule has 7 heteroatoms. The molecule has 0 fully saturated rings. The lowest BCUT2D eigenvalue weighted by Crippen LogP contribution is -2.20. The van der Waals surface area contributed by atoms with E-state index < -0.39 is 10.0 Å². The Morgan fingerprint density at radius 2 is 1.88 bits per heavy atom. The van der Waals surface area contributed by atoms with E-state index in [9.17, 15) is 13.2 Å². The molecule has 1 amide bonds. The van der Waals surface area contributed by atoms with Crippen LogP contribution in [0.25, 0.3) is 17.0 Å². The summed E-state index contributed by atoms with van der Waals surface area (Å²) in [5.41, 5.74) is 1.73. The third-order valence-corrected chi connectivity index (χ3v) is 5.41. The Labute approximate surface area is 151 Å². The molecule has 0 unspecified atom stereocenters. The van der Waals surface area contributed by atoms with Crippen LogP contribution in [0.3, 0.4) is 0 Å². The van der Waals surface area contributed by atoms with Crippen molar-refractivity contribution in [3.63, 3.8) is 0 Å². The summed E-state index contributed by atoms with van der Waals surface area (Å²) in [7, 11) is -2.25. The van der Waals surface area contributed by atoms with Gasteiger partial charge in [-0.05, 0) is 49.9 Å². The maximum absolute atomic E-state index is 12.1. The molecule has 0 bridgehead atoms. The fourth-order valence-corrected chi connectivity index (χ4v) is 3.50. The molecule has 26 heavy (non-hydrogen) atoms. The Balaban J connectivity index is 1.76. The van der Waals surface area contributed by atoms with Crippen molar-refractivity contribution in [2.45, 2.75) is 11.8 Å². The summed E-state index contributed by atoms with van der Waals surface area (Å²) in [6, 6.07) is 14.1. The lowest BCUT2D eigenvalue weighted by molar-refractivity contribution is -0.111. The van der Waals surface area contributed by atoms with Gasteiger partial charge in [0.25, 0.3) is 0 Å². The second-order valence-electron chi connectivity index (χ2n) is 5.70. The van der Waals surface area contributed by atoms with Crippen LogP contribution in [0.2, 0.25) is 0 Å². The van der Waals surface area contributed by atoms with Crippen LogP contribution in [0, 0.1) is 6.92 Å². The third-order valence-electron chi connectivity index (χ3n) is 3.86. The number of para-hydroxylation sites is 1. The number of carbonyl (C=O) groups is 1. The maximum Gasteiger partial charge on any atom is 0.248 e. The van der Waals surface area contributed by atoms with Crippen molar-refractivity contribution in [3.05, 3.63) is 65.9 Å². The van der Waals surface area contributed by atoms with E-state index in [0.29, 0.717) is 17.0 Å². The predicted octanol–water partition coefficient (Wildman–Crippen LogP) is 3.30. The van der Waals surface area contributed by atoms with Gasteiger partial charge in [0.2, 0.25) is 15.9 Å². The van der Waals surface area contributed by atoms with Gasteiger partial charge in [0, 0.05) is 17.1 Å². The van der Waals surface area contributed by atoms with Gasteiger partial charge in [0.1, 0.15) is 11.3 Å². The van der Waals surface area contributed by atoms with Crippen LogP contribution < -0.4 is 10.0 Å². The van der Waals surface area contributed by atoms with Crippen LogP contribution in [0.5, 0.6) is 0 Å². The standard InChI is InChI=1S/C19H18N2O4S/c1-13-7-8-15(12-18(13)26(23,24)20-2)21-19(22)10-9-16-11-14-5-3-4-6-17(14)25-16/h3-12,20H,1-2H3,(H,21,22)/b10-9+. The number of amides is 1. The molecule has 2 aromatic carbocycles. The molecule has 0 spiro atoms. The molecule has 1 heterocycles. The Bertz CT molecular complexity index is 1060. The molecule has 3 rings (SSSR count). The van der Waals surface area contributed by atoms with Crippen LogP contribution in [0.4, 0.5) is 5.69 Å². The van der Waals surface area contributed by atoms with Gasteiger partial charge < -0.3 is 9.73 Å². The van der Waals surface area contributed by atoms with E-state index in [1.165, 1.54) is 19.2 Å². The molecule has 2 N–H and O–H groups in total. The molecule has 0 saturated carbocycles. The number of carbonyl (C=O) groups excluding carboxylic acids is 1. The number of hydrogen-bond acceptors (Lipinski definition) is 4. The largest absolute Gasteiger partial charge is 0.457 e. The summed E-state index contributed by atoms with van der Waals surface area (Å²) < 4.78 is 31.9. The first-order valence-electron chi connectivity index (χ1n) is 7.91. The molecular formula is C19H18N2O4S. The van der Waals surface area contributed by atoms with Crippen molar-refractivity contribution in [3.8, 4) is 0 Å². The fraction of sp³-hybridized carbons (Fsp3) is 0.105. The van der Waals surface area contributed by atoms with Gasteiger partial charge in [0.15, 0.2) is 0 Å². The monoisotopic (exact) mass is 370 g/mol. The number of aryl methyl sites for hydroxylation is 1. The van der Waals surface area contributed by atoms with Crippen LogP contribution in [0.15, 0.2) is 63.9 Å². The predicted molar refractivity (Wildman–Crippen MR) is 101 cm³/mol. The van der Waals surface area contributed by atoms with Crippen LogP contribution >= 0.6 is 0 Å². The Morgan fingerprint density at radius 3 is 2.62 bits per heavy atom. The zero-order valence-corrected chi connectivity index (χ0v) is 15.1. The second-order valence-corrected chi connectivity index (χ2v) is 7.55. The average molecular weight is 370 g/mol. The first-order valence-corrected chi connectivity index (χ1v) is 9.39. The molecule has 134 valence electrons. The number of furan rings is 1. The molecule has 0 radical (unpaired) electrons. The highest BCUT2D eigenvalue weighted by atomic mass is 32.2. The molecule has 3 aromatic rings. The van der Waals surface area contributed by atoms with Gasteiger partial charge in [-0.15, -0.1) is 0 Å². The first kappa shape index (κ1) is 17.9. The van der Waals surface area contributed by atoms with Crippen LogP contribution in [-0.4, -0.2) is 21.4 Å². The molecule has 0 aliphatic heterocycles. The highest BCUT2D eigenvalue weighted by Gasteiger charge is 2.15. The summed E-state index contributed by atoms with van der Waals surface area (Å²) in [6.07, 6.45) is 2.90. The summed E-state index contributed by atoms with van der Waals surface area (Å²) in [6.45, 7) is 1.69. The zero-order valence-electron chi connectivity index (χ0n) is 14.3. The summed E-state index contributed by atoms with van der Waals surface area (Å²) >= 11 is 0. The molecule has 1 aromatic heterocycles.